The van der Waals surface area contributed by atoms with Gasteiger partial charge in [0.2, 0.25) is 0 Å². The molecule has 0 amide bonds. The summed E-state index contributed by atoms with van der Waals surface area (Å²) >= 11 is 5.84. The van der Waals surface area contributed by atoms with Crippen LogP contribution >= 0.6 is 11.6 Å². The predicted octanol–water partition coefficient (Wildman–Crippen LogP) is 2.99. The summed E-state index contributed by atoms with van der Waals surface area (Å²) in [6.45, 7) is 4.87. The maximum atomic E-state index is 6.16. The standard InChI is InChI=1S/C14H18ClN3O2/c1-3-8-19-9-14(2,16)13-17-12(20-18-13)10-4-6-11(15)7-5-10/h4-7H,3,8-9,16H2,1-2H3. The zero-order chi connectivity index (χ0) is 14.6. The zero-order valence-corrected chi connectivity index (χ0v) is 12.4. The molecule has 0 aliphatic heterocycles. The van der Waals surface area contributed by atoms with Crippen molar-refractivity contribution in [3.05, 3.63) is 35.1 Å². The molecular weight excluding hydrogens is 278 g/mol. The summed E-state index contributed by atoms with van der Waals surface area (Å²) in [5, 5.41) is 4.60. The second-order valence-corrected chi connectivity index (χ2v) is 5.34. The highest BCUT2D eigenvalue weighted by atomic mass is 35.5. The first kappa shape index (κ1) is 15.0. The molecule has 0 saturated carbocycles. The topological polar surface area (TPSA) is 74.2 Å². The highest BCUT2D eigenvalue weighted by Gasteiger charge is 2.28. The van der Waals surface area contributed by atoms with Gasteiger partial charge >= 0.3 is 0 Å². The van der Waals surface area contributed by atoms with Crippen LogP contribution in [0, 0.1) is 0 Å². The van der Waals surface area contributed by atoms with Gasteiger partial charge in [0.05, 0.1) is 6.61 Å². The number of nitrogens with two attached hydrogens (primary N) is 1. The Balaban J connectivity index is 2.13. The maximum absolute atomic E-state index is 6.16. The van der Waals surface area contributed by atoms with Gasteiger partial charge in [-0.25, -0.2) is 0 Å². The molecule has 6 heteroatoms. The fourth-order valence-corrected chi connectivity index (χ4v) is 1.78. The van der Waals surface area contributed by atoms with Crippen LogP contribution in [0.2, 0.25) is 5.02 Å². The Hall–Kier alpha value is -1.43. The number of hydrogen-bond acceptors (Lipinski definition) is 5. The SMILES string of the molecule is CCCOCC(C)(N)c1noc(-c2ccc(Cl)cc2)n1. The number of halogens is 1. The Labute approximate surface area is 123 Å². The summed E-state index contributed by atoms with van der Waals surface area (Å²) in [7, 11) is 0. The van der Waals surface area contributed by atoms with Crippen molar-refractivity contribution in [2.45, 2.75) is 25.8 Å². The minimum atomic E-state index is -0.774. The molecule has 1 heterocycles. The molecule has 2 N–H and O–H groups in total. The fourth-order valence-electron chi connectivity index (χ4n) is 1.66. The lowest BCUT2D eigenvalue weighted by molar-refractivity contribution is 0.0867. The number of hydrogen-bond donors (Lipinski definition) is 1. The highest BCUT2D eigenvalue weighted by molar-refractivity contribution is 6.30. The lowest BCUT2D eigenvalue weighted by atomic mass is 10.1. The Morgan fingerprint density at radius 1 is 1.35 bits per heavy atom. The van der Waals surface area contributed by atoms with E-state index in [-0.39, 0.29) is 0 Å². The Morgan fingerprint density at radius 2 is 2.05 bits per heavy atom. The normalized spacial score (nSPS) is 14.2. The van der Waals surface area contributed by atoms with Gasteiger partial charge in [0.1, 0.15) is 5.54 Å². The predicted molar refractivity (Wildman–Crippen MR) is 77.4 cm³/mol. The van der Waals surface area contributed by atoms with Crippen LogP contribution in [0.15, 0.2) is 28.8 Å². The van der Waals surface area contributed by atoms with Crippen LogP contribution in [0.5, 0.6) is 0 Å². The monoisotopic (exact) mass is 295 g/mol. The average Bonchev–Trinajstić information content (AvgIpc) is 2.90. The Morgan fingerprint density at radius 3 is 2.70 bits per heavy atom. The first-order valence-electron chi connectivity index (χ1n) is 6.49. The lowest BCUT2D eigenvalue weighted by Crippen LogP contribution is -2.39. The van der Waals surface area contributed by atoms with Crippen LogP contribution in [0.3, 0.4) is 0 Å². The third-order valence-electron chi connectivity index (χ3n) is 2.78. The van der Waals surface area contributed by atoms with Crippen LogP contribution in [0.1, 0.15) is 26.1 Å². The molecule has 1 atom stereocenters. The van der Waals surface area contributed by atoms with Gasteiger partial charge < -0.3 is 15.0 Å². The van der Waals surface area contributed by atoms with Crippen molar-refractivity contribution in [3.63, 3.8) is 0 Å². The zero-order valence-electron chi connectivity index (χ0n) is 11.6. The number of ether oxygens (including phenoxy) is 1. The van der Waals surface area contributed by atoms with Crippen molar-refractivity contribution in [3.8, 4) is 11.5 Å². The molecule has 0 aliphatic rings. The number of benzene rings is 1. The van der Waals surface area contributed by atoms with E-state index in [4.69, 9.17) is 26.6 Å². The third-order valence-corrected chi connectivity index (χ3v) is 3.03. The quantitative estimate of drug-likeness (QED) is 0.829. The fraction of sp³-hybridized carbons (Fsp3) is 0.429. The molecular formula is C14H18ClN3O2. The molecule has 0 spiro atoms. The first-order chi connectivity index (χ1) is 9.53. The average molecular weight is 296 g/mol. The van der Waals surface area contributed by atoms with Crippen molar-refractivity contribution in [2.75, 3.05) is 13.2 Å². The van der Waals surface area contributed by atoms with Gasteiger partial charge in [-0.3, -0.25) is 0 Å². The van der Waals surface area contributed by atoms with E-state index in [1.54, 1.807) is 12.1 Å². The third kappa shape index (κ3) is 3.56. The van der Waals surface area contributed by atoms with Crippen LogP contribution in [0.25, 0.3) is 11.5 Å². The summed E-state index contributed by atoms with van der Waals surface area (Å²) in [6.07, 6.45) is 0.943. The largest absolute Gasteiger partial charge is 0.379 e. The van der Waals surface area contributed by atoms with E-state index >= 15 is 0 Å². The Bertz CT molecular complexity index is 552. The van der Waals surface area contributed by atoms with Crippen molar-refractivity contribution >= 4 is 11.6 Å². The van der Waals surface area contributed by atoms with E-state index in [1.807, 2.05) is 26.0 Å². The van der Waals surface area contributed by atoms with E-state index in [0.29, 0.717) is 30.0 Å². The summed E-state index contributed by atoms with van der Waals surface area (Å²) in [5.41, 5.74) is 6.19. The molecule has 0 radical (unpaired) electrons. The van der Waals surface area contributed by atoms with E-state index in [0.717, 1.165) is 12.0 Å². The molecule has 20 heavy (non-hydrogen) atoms. The van der Waals surface area contributed by atoms with E-state index in [2.05, 4.69) is 10.1 Å². The van der Waals surface area contributed by atoms with E-state index < -0.39 is 5.54 Å². The molecule has 108 valence electrons. The van der Waals surface area contributed by atoms with Gasteiger partial charge in [0, 0.05) is 17.2 Å². The molecule has 1 aromatic heterocycles. The number of aromatic nitrogens is 2. The molecule has 1 unspecified atom stereocenters. The van der Waals surface area contributed by atoms with Crippen molar-refractivity contribution in [1.82, 2.24) is 10.1 Å². The van der Waals surface area contributed by atoms with Crippen LogP contribution in [-0.2, 0) is 10.3 Å². The minimum Gasteiger partial charge on any atom is -0.379 e. The minimum absolute atomic E-state index is 0.348. The van der Waals surface area contributed by atoms with Gasteiger partial charge in [0.25, 0.3) is 5.89 Å². The van der Waals surface area contributed by atoms with Gasteiger partial charge in [-0.1, -0.05) is 23.7 Å². The smallest absolute Gasteiger partial charge is 0.257 e. The van der Waals surface area contributed by atoms with E-state index in [1.165, 1.54) is 0 Å². The van der Waals surface area contributed by atoms with Crippen molar-refractivity contribution in [1.29, 1.82) is 0 Å². The van der Waals surface area contributed by atoms with Crippen molar-refractivity contribution in [2.24, 2.45) is 5.73 Å². The van der Waals surface area contributed by atoms with Gasteiger partial charge in [0.15, 0.2) is 5.82 Å². The summed E-state index contributed by atoms with van der Waals surface area (Å²) < 4.78 is 10.7. The van der Waals surface area contributed by atoms with Crippen molar-refractivity contribution < 1.29 is 9.26 Å². The van der Waals surface area contributed by atoms with Crippen LogP contribution < -0.4 is 5.73 Å². The molecule has 5 nitrogen and oxygen atoms in total. The Kier molecular flexibility index (Phi) is 4.75. The second kappa shape index (κ2) is 6.35. The molecule has 0 aliphatic carbocycles. The van der Waals surface area contributed by atoms with E-state index in [9.17, 15) is 0 Å². The first-order valence-corrected chi connectivity index (χ1v) is 6.87. The molecule has 0 bridgehead atoms. The summed E-state index contributed by atoms with van der Waals surface area (Å²) in [4.78, 5) is 4.33. The molecule has 0 saturated heterocycles. The van der Waals surface area contributed by atoms with Gasteiger partial charge in [-0.2, -0.15) is 4.98 Å². The van der Waals surface area contributed by atoms with Crippen LogP contribution in [0.4, 0.5) is 0 Å². The summed E-state index contributed by atoms with van der Waals surface area (Å²) in [6, 6.07) is 7.18. The highest BCUT2D eigenvalue weighted by Crippen LogP contribution is 2.22. The summed E-state index contributed by atoms with van der Waals surface area (Å²) in [5.74, 6) is 0.849. The number of nitrogens with zero attached hydrogens (tertiary/aromatic N) is 2. The van der Waals surface area contributed by atoms with Gasteiger partial charge in [-0.05, 0) is 37.6 Å². The molecule has 0 fully saturated rings. The maximum Gasteiger partial charge on any atom is 0.257 e. The van der Waals surface area contributed by atoms with Gasteiger partial charge in [-0.15, -0.1) is 0 Å². The molecule has 2 aromatic rings. The number of rotatable bonds is 6. The molecule has 1 aromatic carbocycles. The van der Waals surface area contributed by atoms with Crippen LogP contribution in [-0.4, -0.2) is 23.4 Å². The lowest BCUT2D eigenvalue weighted by Gasteiger charge is -2.19. The molecule has 2 rings (SSSR count). The second-order valence-electron chi connectivity index (χ2n) is 4.90.